The monoisotopic (exact) mass is 648 g/mol. The standard InChI is InChI=1S/C47H28N4/c1-48-35-24-20-30(21-25-35)33-22-26-38-39-27-23-34(46-50-44(31-12-4-2-5-13-31)49-45(51-46)32-14-6-3-7-15-32)29-43(39)47(42(38)28-33)40-18-10-8-16-36(40)37-17-9-11-19-41(37)47/h2-29H. The Bertz CT molecular complexity index is 2590. The molecule has 10 rings (SSSR count). The fourth-order valence-electron chi connectivity index (χ4n) is 8.12. The molecule has 1 aromatic heterocycles. The third kappa shape index (κ3) is 4.35. The lowest BCUT2D eigenvalue weighted by Gasteiger charge is -2.31. The summed E-state index contributed by atoms with van der Waals surface area (Å²) >= 11 is 0. The van der Waals surface area contributed by atoms with E-state index in [1.165, 1.54) is 44.5 Å². The minimum atomic E-state index is -0.544. The normalized spacial score (nSPS) is 12.8. The predicted molar refractivity (Wildman–Crippen MR) is 204 cm³/mol. The van der Waals surface area contributed by atoms with E-state index in [0.29, 0.717) is 23.2 Å². The van der Waals surface area contributed by atoms with Gasteiger partial charge in [0, 0.05) is 16.7 Å². The molecule has 0 atom stereocenters. The molecule has 2 aliphatic rings. The van der Waals surface area contributed by atoms with Gasteiger partial charge in [-0.3, -0.25) is 0 Å². The van der Waals surface area contributed by atoms with Crippen molar-refractivity contribution in [3.05, 3.63) is 204 Å². The Morgan fingerprint density at radius 2 is 0.765 bits per heavy atom. The second kappa shape index (κ2) is 11.3. The lowest BCUT2D eigenvalue weighted by atomic mass is 9.70. The summed E-state index contributed by atoms with van der Waals surface area (Å²) in [5.41, 5.74) is 15.1. The van der Waals surface area contributed by atoms with E-state index >= 15 is 0 Å². The maximum absolute atomic E-state index is 7.44. The van der Waals surface area contributed by atoms with E-state index in [2.05, 4.69) is 89.8 Å². The Hall–Kier alpha value is -6.96. The van der Waals surface area contributed by atoms with Gasteiger partial charge in [-0.25, -0.2) is 19.8 Å². The summed E-state index contributed by atoms with van der Waals surface area (Å²) in [5.74, 6) is 1.92. The van der Waals surface area contributed by atoms with Gasteiger partial charge in [0.1, 0.15) is 0 Å². The molecule has 51 heavy (non-hydrogen) atoms. The number of hydrogen-bond donors (Lipinski definition) is 0. The lowest BCUT2D eigenvalue weighted by Crippen LogP contribution is -2.26. The molecule has 1 spiro atoms. The van der Waals surface area contributed by atoms with Crippen LogP contribution in [-0.2, 0) is 5.41 Å². The van der Waals surface area contributed by atoms with Crippen LogP contribution in [0.3, 0.4) is 0 Å². The molecule has 0 N–H and O–H groups in total. The smallest absolute Gasteiger partial charge is 0.187 e. The van der Waals surface area contributed by atoms with Crippen LogP contribution >= 0.6 is 0 Å². The van der Waals surface area contributed by atoms with Gasteiger partial charge in [-0.2, -0.15) is 0 Å². The second-order valence-electron chi connectivity index (χ2n) is 13.1. The van der Waals surface area contributed by atoms with E-state index in [-0.39, 0.29) is 0 Å². The highest BCUT2D eigenvalue weighted by molar-refractivity contribution is 5.96. The molecule has 7 aromatic carbocycles. The van der Waals surface area contributed by atoms with Crippen molar-refractivity contribution in [2.24, 2.45) is 0 Å². The summed E-state index contributed by atoms with van der Waals surface area (Å²) < 4.78 is 0. The van der Waals surface area contributed by atoms with E-state index in [9.17, 15) is 0 Å². The van der Waals surface area contributed by atoms with Crippen molar-refractivity contribution >= 4 is 5.69 Å². The lowest BCUT2D eigenvalue weighted by molar-refractivity contribution is 0.794. The number of aromatic nitrogens is 3. The molecule has 4 heteroatoms. The fraction of sp³-hybridized carbons (Fsp3) is 0.0213. The molecule has 1 heterocycles. The molecule has 8 aromatic rings. The van der Waals surface area contributed by atoms with Gasteiger partial charge in [-0.05, 0) is 67.8 Å². The summed E-state index contributed by atoms with van der Waals surface area (Å²) in [4.78, 5) is 18.8. The van der Waals surface area contributed by atoms with Gasteiger partial charge in [-0.1, -0.05) is 158 Å². The van der Waals surface area contributed by atoms with Gasteiger partial charge < -0.3 is 0 Å². The Balaban J connectivity index is 1.24. The average molecular weight is 649 g/mol. The van der Waals surface area contributed by atoms with Crippen LogP contribution in [0.1, 0.15) is 22.3 Å². The molecule has 0 amide bonds. The summed E-state index contributed by atoms with van der Waals surface area (Å²) in [7, 11) is 0. The van der Waals surface area contributed by atoms with Crippen molar-refractivity contribution < 1.29 is 0 Å². The molecule has 236 valence electrons. The first-order valence-corrected chi connectivity index (χ1v) is 17.1. The zero-order chi connectivity index (χ0) is 33.9. The molecule has 0 unspecified atom stereocenters. The highest BCUT2D eigenvalue weighted by Crippen LogP contribution is 2.63. The largest absolute Gasteiger partial charge is 0.238 e. The van der Waals surface area contributed by atoms with Gasteiger partial charge in [0.05, 0.1) is 12.0 Å². The Kier molecular flexibility index (Phi) is 6.43. The number of fused-ring (bicyclic) bond motifs is 10. The molecular formula is C47H28N4. The maximum atomic E-state index is 7.44. The van der Waals surface area contributed by atoms with E-state index in [0.717, 1.165) is 27.8 Å². The van der Waals surface area contributed by atoms with Crippen molar-refractivity contribution in [3.63, 3.8) is 0 Å². The Morgan fingerprint density at radius 3 is 1.29 bits per heavy atom. The third-order valence-corrected chi connectivity index (χ3v) is 10.4. The fourth-order valence-corrected chi connectivity index (χ4v) is 8.12. The predicted octanol–water partition coefficient (Wildman–Crippen LogP) is 11.4. The molecule has 0 saturated heterocycles. The van der Waals surface area contributed by atoms with E-state index in [4.69, 9.17) is 21.5 Å². The average Bonchev–Trinajstić information content (AvgIpc) is 3.68. The highest BCUT2D eigenvalue weighted by Gasteiger charge is 2.51. The maximum Gasteiger partial charge on any atom is 0.187 e. The Labute approximate surface area is 296 Å². The molecule has 2 aliphatic carbocycles. The van der Waals surface area contributed by atoms with Crippen LogP contribution in [0.25, 0.3) is 72.4 Å². The van der Waals surface area contributed by atoms with E-state index < -0.39 is 5.41 Å². The van der Waals surface area contributed by atoms with Crippen LogP contribution in [0.2, 0.25) is 0 Å². The molecule has 0 saturated carbocycles. The minimum absolute atomic E-state index is 0.544. The van der Waals surface area contributed by atoms with Gasteiger partial charge >= 0.3 is 0 Å². The molecule has 4 nitrogen and oxygen atoms in total. The zero-order valence-corrected chi connectivity index (χ0v) is 27.5. The first-order chi connectivity index (χ1) is 25.2. The van der Waals surface area contributed by atoms with Crippen LogP contribution in [0.5, 0.6) is 0 Å². The molecular weight excluding hydrogens is 621 g/mol. The van der Waals surface area contributed by atoms with Crippen LogP contribution in [-0.4, -0.2) is 15.0 Å². The molecule has 0 bridgehead atoms. The second-order valence-corrected chi connectivity index (χ2v) is 13.1. The summed E-state index contributed by atoms with van der Waals surface area (Å²) in [6, 6.07) is 59.4. The first-order valence-electron chi connectivity index (χ1n) is 17.1. The van der Waals surface area contributed by atoms with Crippen LogP contribution < -0.4 is 0 Å². The SMILES string of the molecule is [C-]#[N+]c1ccc(-c2ccc3c(c2)C2(c4ccccc4-c4ccccc42)c2cc(-c4nc(-c5ccccc5)nc(-c5ccccc5)n4)ccc2-3)cc1. The van der Waals surface area contributed by atoms with Gasteiger partial charge in [0.2, 0.25) is 0 Å². The van der Waals surface area contributed by atoms with Gasteiger partial charge in [-0.15, -0.1) is 0 Å². The van der Waals surface area contributed by atoms with Crippen LogP contribution in [0.4, 0.5) is 5.69 Å². The third-order valence-electron chi connectivity index (χ3n) is 10.4. The number of rotatable bonds is 4. The Morgan fingerprint density at radius 1 is 0.353 bits per heavy atom. The van der Waals surface area contributed by atoms with Crippen molar-refractivity contribution in [1.29, 1.82) is 0 Å². The summed E-state index contributed by atoms with van der Waals surface area (Å²) in [5, 5.41) is 0. The van der Waals surface area contributed by atoms with Crippen molar-refractivity contribution in [2.45, 2.75) is 5.41 Å². The van der Waals surface area contributed by atoms with Crippen LogP contribution in [0.15, 0.2) is 170 Å². The van der Waals surface area contributed by atoms with Crippen molar-refractivity contribution in [3.8, 4) is 67.5 Å². The highest BCUT2D eigenvalue weighted by atomic mass is 15.0. The van der Waals surface area contributed by atoms with E-state index in [1.54, 1.807) is 0 Å². The zero-order valence-electron chi connectivity index (χ0n) is 27.5. The number of nitrogens with zero attached hydrogens (tertiary/aromatic N) is 4. The summed E-state index contributed by atoms with van der Waals surface area (Å²) in [6.07, 6.45) is 0. The first kappa shape index (κ1) is 29.0. The van der Waals surface area contributed by atoms with Crippen LogP contribution in [0, 0.1) is 6.57 Å². The topological polar surface area (TPSA) is 43.0 Å². The number of hydrogen-bond acceptors (Lipinski definition) is 3. The molecule has 0 aliphatic heterocycles. The summed E-state index contributed by atoms with van der Waals surface area (Å²) in [6.45, 7) is 7.44. The van der Waals surface area contributed by atoms with Crippen molar-refractivity contribution in [2.75, 3.05) is 0 Å². The van der Waals surface area contributed by atoms with Gasteiger partial charge in [0.25, 0.3) is 0 Å². The minimum Gasteiger partial charge on any atom is -0.238 e. The van der Waals surface area contributed by atoms with E-state index in [1.807, 2.05) is 84.9 Å². The van der Waals surface area contributed by atoms with Crippen molar-refractivity contribution in [1.82, 2.24) is 15.0 Å². The molecule has 0 fully saturated rings. The quantitative estimate of drug-likeness (QED) is 0.178. The number of benzene rings is 7. The van der Waals surface area contributed by atoms with Gasteiger partial charge in [0.15, 0.2) is 23.2 Å². The molecule has 0 radical (unpaired) electrons.